The van der Waals surface area contributed by atoms with E-state index in [4.69, 9.17) is 29.8 Å². The fraction of sp³-hybridized carbons (Fsp3) is 0.277. The van der Waals surface area contributed by atoms with Crippen LogP contribution in [-0.4, -0.2) is 112 Å². The first-order valence-electron chi connectivity index (χ1n) is 27.4. The van der Waals surface area contributed by atoms with Gasteiger partial charge in [0.2, 0.25) is 0 Å². The Balaban J connectivity index is 0.000000225. The van der Waals surface area contributed by atoms with Crippen molar-refractivity contribution in [3.63, 3.8) is 0 Å². The van der Waals surface area contributed by atoms with Crippen molar-refractivity contribution in [3.8, 4) is 56.0 Å². The number of hydrogen-bond acceptors (Lipinski definition) is 15. The van der Waals surface area contributed by atoms with E-state index in [-0.39, 0.29) is 55.1 Å². The number of aldehydes is 1. The second kappa shape index (κ2) is 28.8. The van der Waals surface area contributed by atoms with E-state index in [1.54, 1.807) is 36.4 Å². The standard InChI is InChI=1S/C32H33FN4O6.C28H24FN3O5.C4H9NO2.CH4/c1-17-20(19-11-25(33)23(29(12-19)42-4)13-34-27-15-43-16-28(27)38)7-5-8-21(17)22-9-6-10-26(18(22)2)36-30(39)24-14-35-32(41)37(3)31(24)40;1-15-18(17-11-23(29)22(14-33)25(12-17)37-4)7-5-8-19(15)20-9-6-10-24(16(20)2)31-26(34)21-13-30-28(36)32(3)27(21)35;5-3-1-7-2-4(3)6;/h5-12,14,27-28,34,38H,13,15-16H2,1-4H3,(H,35,41)(H,36,39);5-14H,1-4H3,(H,30,36)(H,31,34);3-4,6H,1-2,5H2;1H4/t27-,28-;;3-,4-;/m0.0./s1. The summed E-state index contributed by atoms with van der Waals surface area (Å²) in [6, 6.07) is 27.9. The smallest absolute Gasteiger partial charge is 0.328 e. The van der Waals surface area contributed by atoms with Crippen molar-refractivity contribution in [1.82, 2.24) is 24.4 Å². The Labute approximate surface area is 504 Å². The number of methoxy groups -OCH3 is 2. The van der Waals surface area contributed by atoms with Crippen LogP contribution in [0.2, 0.25) is 0 Å². The molecule has 2 saturated heterocycles. The zero-order chi connectivity index (χ0) is 63.0. The highest BCUT2D eigenvalue weighted by atomic mass is 19.1. The van der Waals surface area contributed by atoms with Crippen LogP contribution in [0.5, 0.6) is 11.5 Å². The summed E-state index contributed by atoms with van der Waals surface area (Å²) in [5.74, 6) is -1.88. The summed E-state index contributed by atoms with van der Waals surface area (Å²) in [5, 5.41) is 27.4. The molecule has 2 amide bonds. The number of benzene rings is 6. The van der Waals surface area contributed by atoms with Gasteiger partial charge >= 0.3 is 11.4 Å². The Morgan fingerprint density at radius 1 is 0.625 bits per heavy atom. The highest BCUT2D eigenvalue weighted by Crippen LogP contribution is 2.40. The van der Waals surface area contributed by atoms with Crippen LogP contribution >= 0.6 is 0 Å². The van der Waals surface area contributed by atoms with Gasteiger partial charge in [-0.25, -0.2) is 18.4 Å². The van der Waals surface area contributed by atoms with E-state index in [0.29, 0.717) is 59.9 Å². The number of nitrogens with one attached hydrogen (secondary N) is 5. The molecule has 0 radical (unpaired) electrons. The number of amides is 2. The van der Waals surface area contributed by atoms with Gasteiger partial charge in [-0.05, 0) is 131 Å². The van der Waals surface area contributed by atoms with E-state index in [2.05, 4.69) is 25.9 Å². The van der Waals surface area contributed by atoms with Gasteiger partial charge in [0.25, 0.3) is 22.9 Å². The molecule has 8 aromatic rings. The van der Waals surface area contributed by atoms with E-state index in [1.807, 2.05) is 76.2 Å². The third kappa shape index (κ3) is 14.2. The molecular formula is C65H70F2N8O13. The summed E-state index contributed by atoms with van der Waals surface area (Å²) in [6.07, 6.45) is 1.54. The number of carbonyl (C=O) groups is 3. The minimum absolute atomic E-state index is 0. The fourth-order valence-electron chi connectivity index (χ4n) is 10.1. The Kier molecular flexibility index (Phi) is 21.6. The molecule has 4 heterocycles. The van der Waals surface area contributed by atoms with Crippen molar-refractivity contribution in [2.45, 2.75) is 66.0 Å². The molecule has 0 saturated carbocycles. The molecule has 0 aliphatic carbocycles. The average molecular weight is 1210 g/mol. The van der Waals surface area contributed by atoms with Gasteiger partial charge in [0.05, 0.1) is 70.5 Å². The predicted octanol–water partition coefficient (Wildman–Crippen LogP) is 6.85. The molecular weight excluding hydrogens is 1140 g/mol. The zero-order valence-electron chi connectivity index (χ0n) is 48.9. The number of nitrogens with zero attached hydrogens (tertiary/aromatic N) is 2. The Morgan fingerprint density at radius 3 is 1.45 bits per heavy atom. The van der Waals surface area contributed by atoms with E-state index >= 15 is 4.39 Å². The topological polar surface area (TPSA) is 300 Å². The third-order valence-electron chi connectivity index (χ3n) is 15.4. The van der Waals surface area contributed by atoms with E-state index < -0.39 is 58.2 Å². The first-order valence-corrected chi connectivity index (χ1v) is 27.4. The molecule has 9 N–H and O–H groups in total. The number of aliphatic hydroxyl groups excluding tert-OH is 2. The van der Waals surface area contributed by atoms with Gasteiger partial charge in [-0.1, -0.05) is 68.1 Å². The van der Waals surface area contributed by atoms with E-state index in [9.17, 15) is 43.1 Å². The molecule has 4 atom stereocenters. The lowest BCUT2D eigenvalue weighted by molar-refractivity contribution is 0.101. The normalized spacial score (nSPS) is 15.8. The highest BCUT2D eigenvalue weighted by molar-refractivity contribution is 6.05. The second-order valence-electron chi connectivity index (χ2n) is 20.8. The molecule has 0 spiro atoms. The van der Waals surface area contributed by atoms with Crippen LogP contribution in [0, 0.1) is 39.3 Å². The molecule has 2 aliphatic heterocycles. The molecule has 88 heavy (non-hydrogen) atoms. The van der Waals surface area contributed by atoms with Crippen LogP contribution < -0.4 is 53.7 Å². The molecule has 2 aliphatic rings. The van der Waals surface area contributed by atoms with Gasteiger partial charge in [-0.15, -0.1) is 0 Å². The maximum absolute atomic E-state index is 15.5. The van der Waals surface area contributed by atoms with Crippen molar-refractivity contribution in [2.24, 2.45) is 19.8 Å². The van der Waals surface area contributed by atoms with Crippen molar-refractivity contribution in [2.75, 3.05) is 51.3 Å². The van der Waals surface area contributed by atoms with Crippen LogP contribution in [0.3, 0.4) is 0 Å². The summed E-state index contributed by atoms with van der Waals surface area (Å²) in [6.45, 7) is 9.21. The highest BCUT2D eigenvalue weighted by Gasteiger charge is 2.27. The summed E-state index contributed by atoms with van der Waals surface area (Å²) >= 11 is 0. The lowest BCUT2D eigenvalue weighted by Gasteiger charge is -2.19. The maximum Gasteiger partial charge on any atom is 0.328 e. The maximum atomic E-state index is 15.5. The monoisotopic (exact) mass is 1210 g/mol. The number of hydrogen-bond donors (Lipinski definition) is 8. The first-order chi connectivity index (χ1) is 41.6. The van der Waals surface area contributed by atoms with E-state index in [0.717, 1.165) is 77.2 Å². The number of aromatic amines is 2. The van der Waals surface area contributed by atoms with Gasteiger partial charge in [-0.3, -0.25) is 33.1 Å². The number of rotatable bonds is 14. The van der Waals surface area contributed by atoms with Crippen molar-refractivity contribution in [3.05, 3.63) is 207 Å². The van der Waals surface area contributed by atoms with Gasteiger partial charge < -0.3 is 60.8 Å². The number of aromatic nitrogens is 4. The largest absolute Gasteiger partial charge is 0.496 e. The van der Waals surface area contributed by atoms with Crippen molar-refractivity contribution >= 4 is 29.5 Å². The second-order valence-corrected chi connectivity index (χ2v) is 20.8. The average Bonchev–Trinajstić information content (AvgIpc) is 2.46. The van der Waals surface area contributed by atoms with Gasteiger partial charge in [0.15, 0.2) is 6.29 Å². The van der Waals surface area contributed by atoms with Crippen LogP contribution in [0.4, 0.5) is 20.2 Å². The van der Waals surface area contributed by atoms with Crippen LogP contribution in [0.15, 0.2) is 129 Å². The van der Waals surface area contributed by atoms with Crippen molar-refractivity contribution < 1.29 is 52.3 Å². The third-order valence-corrected chi connectivity index (χ3v) is 15.4. The Bertz CT molecular complexity index is 4170. The Morgan fingerprint density at radius 2 is 1.05 bits per heavy atom. The number of ether oxygens (including phenoxy) is 4. The SMILES string of the molecule is C.COc1cc(-c2cccc(-c3cccc(NC(=O)c4c[nH]c(=O)n(C)c4=O)c3C)c2C)cc(F)c1C=O.COc1cc(-c2cccc(-c3cccc(NC(=O)c4c[nH]c(=O)n(C)c4=O)c3C)c2C)cc(F)c1CN[C@H]1COC[C@@H]1O.N[C@H]1COC[C@@H]1O. The Hall–Kier alpha value is -9.49. The molecule has 23 heteroatoms. The van der Waals surface area contributed by atoms with Gasteiger partial charge in [0.1, 0.15) is 34.3 Å². The van der Waals surface area contributed by atoms with Gasteiger partial charge in [0, 0.05) is 50.0 Å². The predicted molar refractivity (Wildman–Crippen MR) is 331 cm³/mol. The summed E-state index contributed by atoms with van der Waals surface area (Å²) in [7, 11) is 5.45. The minimum atomic E-state index is -0.707. The van der Waals surface area contributed by atoms with E-state index in [1.165, 1.54) is 40.4 Å². The number of aliphatic hydroxyl groups is 2. The summed E-state index contributed by atoms with van der Waals surface area (Å²) in [5.41, 5.74) is 12.9. The number of carbonyl (C=O) groups excluding carboxylic acids is 3. The molecule has 2 aromatic heterocycles. The molecule has 2 fully saturated rings. The lowest BCUT2D eigenvalue weighted by Crippen LogP contribution is -2.38. The summed E-state index contributed by atoms with van der Waals surface area (Å²) in [4.78, 5) is 89.9. The minimum Gasteiger partial charge on any atom is -0.496 e. The van der Waals surface area contributed by atoms with Gasteiger partial charge in [-0.2, -0.15) is 0 Å². The molecule has 462 valence electrons. The molecule has 6 aromatic carbocycles. The van der Waals surface area contributed by atoms with Crippen molar-refractivity contribution in [1.29, 1.82) is 0 Å². The van der Waals surface area contributed by atoms with Crippen LogP contribution in [0.25, 0.3) is 44.5 Å². The number of halogens is 2. The lowest BCUT2D eigenvalue weighted by atomic mass is 9.90. The molecule has 0 unspecified atom stereocenters. The number of anilines is 2. The molecule has 0 bridgehead atoms. The zero-order valence-corrected chi connectivity index (χ0v) is 48.9. The fourth-order valence-corrected chi connectivity index (χ4v) is 10.1. The van der Waals surface area contributed by atoms with Crippen LogP contribution in [0.1, 0.15) is 66.3 Å². The quantitative estimate of drug-likeness (QED) is 0.0517. The summed E-state index contributed by atoms with van der Waals surface area (Å²) < 4.78 is 52.6. The molecule has 10 rings (SSSR count). The molecule has 21 nitrogen and oxygen atoms in total. The van der Waals surface area contributed by atoms with Crippen LogP contribution in [-0.2, 0) is 30.1 Å². The number of nitrogens with two attached hydrogens (primary N) is 1. The first kappa shape index (κ1) is 66.0. The number of H-pyrrole nitrogens is 2.